The molecule has 0 aromatic heterocycles. The van der Waals surface area contributed by atoms with Gasteiger partial charge in [0.05, 0.1) is 30.0 Å². The largest absolute Gasteiger partial charge is 0.495 e. The first-order valence-corrected chi connectivity index (χ1v) is 5.07. The second kappa shape index (κ2) is 4.85. The maximum atomic E-state index is 11.7. The van der Waals surface area contributed by atoms with Crippen molar-refractivity contribution in [1.29, 1.82) is 5.26 Å². The Kier molecular flexibility index (Phi) is 3.71. The molecule has 0 radical (unpaired) electrons. The molecule has 0 aliphatic heterocycles. The normalized spacial score (nSPS) is 10.5. The van der Waals surface area contributed by atoms with E-state index in [0.717, 1.165) is 0 Å². The van der Waals surface area contributed by atoms with Crippen LogP contribution in [-0.4, -0.2) is 18.6 Å². The number of carbonyl (C=O) groups is 1. The van der Waals surface area contributed by atoms with Crippen LogP contribution in [-0.2, 0) is 4.79 Å². The van der Waals surface area contributed by atoms with Crippen LogP contribution in [0.1, 0.15) is 19.4 Å². The SMILES string of the molecule is COc1cc(C#N)ccc1NC(=O)C(C)(C)N. The standard InChI is InChI=1S/C12H15N3O2/c1-12(2,14)11(16)15-9-5-4-8(7-13)6-10(9)17-3/h4-6H,14H2,1-3H3,(H,15,16). The molecule has 1 aromatic rings. The lowest BCUT2D eigenvalue weighted by atomic mass is 10.1. The number of ether oxygens (including phenoxy) is 1. The van der Waals surface area contributed by atoms with E-state index >= 15 is 0 Å². The second-order valence-corrected chi connectivity index (χ2v) is 4.20. The molecule has 0 aliphatic carbocycles. The molecule has 0 fully saturated rings. The summed E-state index contributed by atoms with van der Waals surface area (Å²) in [7, 11) is 1.47. The molecule has 0 saturated heterocycles. The molecular formula is C12H15N3O2. The van der Waals surface area contributed by atoms with Gasteiger partial charge >= 0.3 is 0 Å². The average Bonchev–Trinajstić information content (AvgIpc) is 2.28. The van der Waals surface area contributed by atoms with Gasteiger partial charge in [0.2, 0.25) is 5.91 Å². The van der Waals surface area contributed by atoms with Gasteiger partial charge in [-0.1, -0.05) is 0 Å². The van der Waals surface area contributed by atoms with Crippen molar-refractivity contribution in [3.63, 3.8) is 0 Å². The number of nitrogens with zero attached hydrogens (tertiary/aromatic N) is 1. The highest BCUT2D eigenvalue weighted by atomic mass is 16.5. The summed E-state index contributed by atoms with van der Waals surface area (Å²) in [6.07, 6.45) is 0. The van der Waals surface area contributed by atoms with Crippen molar-refractivity contribution < 1.29 is 9.53 Å². The Balaban J connectivity index is 3.00. The number of nitrogens with one attached hydrogen (secondary N) is 1. The summed E-state index contributed by atoms with van der Waals surface area (Å²) in [6, 6.07) is 6.76. The van der Waals surface area contributed by atoms with Crippen LogP contribution in [0.3, 0.4) is 0 Å². The van der Waals surface area contributed by atoms with Crippen LogP contribution in [0, 0.1) is 11.3 Å². The minimum absolute atomic E-state index is 0.319. The van der Waals surface area contributed by atoms with E-state index in [4.69, 9.17) is 15.7 Å². The van der Waals surface area contributed by atoms with Gasteiger partial charge < -0.3 is 15.8 Å². The molecule has 5 nitrogen and oxygen atoms in total. The smallest absolute Gasteiger partial charge is 0.243 e. The topological polar surface area (TPSA) is 88.1 Å². The molecule has 5 heteroatoms. The Morgan fingerprint density at radius 2 is 2.18 bits per heavy atom. The van der Waals surface area contributed by atoms with Crippen LogP contribution in [0.5, 0.6) is 5.75 Å². The first-order chi connectivity index (χ1) is 7.88. The first-order valence-electron chi connectivity index (χ1n) is 5.07. The number of nitriles is 1. The van der Waals surface area contributed by atoms with Crippen LogP contribution >= 0.6 is 0 Å². The maximum Gasteiger partial charge on any atom is 0.243 e. The molecule has 0 aliphatic rings. The van der Waals surface area contributed by atoms with Gasteiger partial charge in [0.15, 0.2) is 0 Å². The summed E-state index contributed by atoms with van der Waals surface area (Å²) < 4.78 is 5.09. The first kappa shape index (κ1) is 13.0. The van der Waals surface area contributed by atoms with Crippen molar-refractivity contribution in [2.45, 2.75) is 19.4 Å². The van der Waals surface area contributed by atoms with Gasteiger partial charge in [0.25, 0.3) is 0 Å². The predicted octanol–water partition coefficient (Wildman–Crippen LogP) is 1.24. The fourth-order valence-electron chi connectivity index (χ4n) is 1.15. The van der Waals surface area contributed by atoms with Crippen LogP contribution in [0.4, 0.5) is 5.69 Å². The Morgan fingerprint density at radius 1 is 1.53 bits per heavy atom. The average molecular weight is 233 g/mol. The number of carbonyl (C=O) groups excluding carboxylic acids is 1. The Hall–Kier alpha value is -2.06. The molecule has 1 rings (SSSR count). The molecule has 3 N–H and O–H groups in total. The summed E-state index contributed by atoms with van der Waals surface area (Å²) in [4.78, 5) is 11.7. The minimum atomic E-state index is -0.973. The second-order valence-electron chi connectivity index (χ2n) is 4.20. The fourth-order valence-corrected chi connectivity index (χ4v) is 1.15. The predicted molar refractivity (Wildman–Crippen MR) is 64.6 cm³/mol. The Bertz CT molecular complexity index is 470. The molecule has 0 spiro atoms. The number of amides is 1. The summed E-state index contributed by atoms with van der Waals surface area (Å²) >= 11 is 0. The van der Waals surface area contributed by atoms with Gasteiger partial charge in [-0.15, -0.1) is 0 Å². The minimum Gasteiger partial charge on any atom is -0.495 e. The van der Waals surface area contributed by atoms with Gasteiger partial charge in [-0.2, -0.15) is 5.26 Å². The van der Waals surface area contributed by atoms with E-state index in [1.807, 2.05) is 6.07 Å². The third-order valence-corrected chi connectivity index (χ3v) is 2.16. The third kappa shape index (κ3) is 3.20. The van der Waals surface area contributed by atoms with Crippen molar-refractivity contribution in [3.05, 3.63) is 23.8 Å². The summed E-state index contributed by atoms with van der Waals surface area (Å²) in [5.74, 6) is 0.113. The molecule has 1 aromatic carbocycles. The van der Waals surface area contributed by atoms with Gasteiger partial charge in [-0.05, 0) is 26.0 Å². The Morgan fingerprint density at radius 3 is 2.65 bits per heavy atom. The third-order valence-electron chi connectivity index (χ3n) is 2.16. The van der Waals surface area contributed by atoms with E-state index in [1.54, 1.807) is 32.0 Å². The number of hydrogen-bond acceptors (Lipinski definition) is 4. The fraction of sp³-hybridized carbons (Fsp3) is 0.333. The number of hydrogen-bond donors (Lipinski definition) is 2. The number of nitrogens with two attached hydrogens (primary N) is 1. The van der Waals surface area contributed by atoms with Gasteiger partial charge in [-0.3, -0.25) is 4.79 Å². The van der Waals surface area contributed by atoms with Crippen LogP contribution in [0.15, 0.2) is 18.2 Å². The lowest BCUT2D eigenvalue weighted by Gasteiger charge is -2.19. The zero-order valence-electron chi connectivity index (χ0n) is 10.1. The summed E-state index contributed by atoms with van der Waals surface area (Å²) in [5, 5.41) is 11.4. The molecule has 0 heterocycles. The summed E-state index contributed by atoms with van der Waals surface area (Å²) in [5.41, 5.74) is 5.66. The molecule has 0 saturated carbocycles. The van der Waals surface area contributed by atoms with Crippen molar-refractivity contribution in [1.82, 2.24) is 0 Å². The molecule has 0 unspecified atom stereocenters. The van der Waals surface area contributed by atoms with Gasteiger partial charge in [-0.25, -0.2) is 0 Å². The highest BCUT2D eigenvalue weighted by Gasteiger charge is 2.22. The van der Waals surface area contributed by atoms with Crippen LogP contribution in [0.25, 0.3) is 0 Å². The van der Waals surface area contributed by atoms with E-state index in [9.17, 15) is 4.79 Å². The monoisotopic (exact) mass is 233 g/mol. The zero-order chi connectivity index (χ0) is 13.1. The van der Waals surface area contributed by atoms with E-state index in [1.165, 1.54) is 7.11 Å². The quantitative estimate of drug-likeness (QED) is 0.822. The lowest BCUT2D eigenvalue weighted by molar-refractivity contribution is -0.120. The highest BCUT2D eigenvalue weighted by Crippen LogP contribution is 2.25. The number of benzene rings is 1. The summed E-state index contributed by atoms with van der Waals surface area (Å²) in [6.45, 7) is 3.22. The number of methoxy groups -OCH3 is 1. The molecule has 90 valence electrons. The van der Waals surface area contributed by atoms with Gasteiger partial charge in [0.1, 0.15) is 5.75 Å². The van der Waals surface area contributed by atoms with E-state index < -0.39 is 5.54 Å². The molecule has 0 atom stereocenters. The van der Waals surface area contributed by atoms with E-state index in [2.05, 4.69) is 5.32 Å². The molecule has 1 amide bonds. The molecule has 0 bridgehead atoms. The van der Waals surface area contributed by atoms with Crippen molar-refractivity contribution in [2.24, 2.45) is 5.73 Å². The molecule has 17 heavy (non-hydrogen) atoms. The van der Waals surface area contributed by atoms with Crippen LogP contribution < -0.4 is 15.8 Å². The zero-order valence-corrected chi connectivity index (χ0v) is 10.1. The maximum absolute atomic E-state index is 11.7. The lowest BCUT2D eigenvalue weighted by Crippen LogP contribution is -2.45. The Labute approximate surface area is 100 Å². The van der Waals surface area contributed by atoms with Crippen molar-refractivity contribution in [2.75, 3.05) is 12.4 Å². The number of rotatable bonds is 3. The van der Waals surface area contributed by atoms with Crippen LogP contribution in [0.2, 0.25) is 0 Å². The van der Waals surface area contributed by atoms with E-state index in [-0.39, 0.29) is 5.91 Å². The van der Waals surface area contributed by atoms with Crippen molar-refractivity contribution >= 4 is 11.6 Å². The number of anilines is 1. The van der Waals surface area contributed by atoms with E-state index in [0.29, 0.717) is 17.0 Å². The molecular weight excluding hydrogens is 218 g/mol. The van der Waals surface area contributed by atoms with Crippen molar-refractivity contribution in [3.8, 4) is 11.8 Å². The van der Waals surface area contributed by atoms with Gasteiger partial charge in [0, 0.05) is 6.07 Å². The highest BCUT2D eigenvalue weighted by molar-refractivity contribution is 5.98.